The first-order valence-corrected chi connectivity index (χ1v) is 3.98. The smallest absolute Gasteiger partial charge is 0.354 e. The van der Waals surface area contributed by atoms with Crippen LogP contribution in [0.15, 0.2) is 12.5 Å². The third-order valence-electron chi connectivity index (χ3n) is 1.70. The Morgan fingerprint density at radius 2 is 2.54 bits per heavy atom. The van der Waals surface area contributed by atoms with E-state index in [0.717, 1.165) is 0 Å². The quantitative estimate of drug-likeness (QED) is 0.771. The van der Waals surface area contributed by atoms with Gasteiger partial charge in [-0.15, -0.1) is 0 Å². The molecular weight excluding hydrogens is 175 g/mol. The second-order valence-corrected chi connectivity index (χ2v) is 2.85. The molecule has 0 aliphatic carbocycles. The highest BCUT2D eigenvalue weighted by Gasteiger charge is 2.09. The summed E-state index contributed by atoms with van der Waals surface area (Å²) in [5, 5.41) is 8.67. The molecule has 0 aliphatic heterocycles. The molecule has 1 rings (SSSR count). The number of carboxylic acid groups (broad SMARTS) is 1. The van der Waals surface area contributed by atoms with E-state index in [0.29, 0.717) is 13.0 Å². The molecule has 0 spiro atoms. The standard InChI is InChI=1S/C8H11FN2O2/c1-6(9)2-3-11-5-10-4-7(11)8(12)13/h4-6H,2-3H2,1H3,(H,12,13). The summed E-state index contributed by atoms with van der Waals surface area (Å²) in [6, 6.07) is 0. The van der Waals surface area contributed by atoms with Crippen LogP contribution >= 0.6 is 0 Å². The molecule has 1 N–H and O–H groups in total. The summed E-state index contributed by atoms with van der Waals surface area (Å²) in [4.78, 5) is 14.3. The lowest BCUT2D eigenvalue weighted by molar-refractivity contribution is 0.0684. The van der Waals surface area contributed by atoms with Gasteiger partial charge in [0.05, 0.1) is 18.7 Å². The molecule has 0 amide bonds. The Hall–Kier alpha value is -1.39. The van der Waals surface area contributed by atoms with Crippen molar-refractivity contribution in [2.24, 2.45) is 0 Å². The number of alkyl halides is 1. The van der Waals surface area contributed by atoms with Gasteiger partial charge >= 0.3 is 5.97 Å². The summed E-state index contributed by atoms with van der Waals surface area (Å²) in [6.07, 6.45) is 2.03. The van der Waals surface area contributed by atoms with Crippen LogP contribution in [0.3, 0.4) is 0 Å². The van der Waals surface area contributed by atoms with Crippen molar-refractivity contribution in [1.29, 1.82) is 0 Å². The third kappa shape index (κ3) is 2.54. The van der Waals surface area contributed by atoms with Crippen molar-refractivity contribution in [2.45, 2.75) is 26.1 Å². The molecule has 0 saturated carbocycles. The average molecular weight is 186 g/mol. The Morgan fingerprint density at radius 1 is 1.85 bits per heavy atom. The predicted molar refractivity (Wildman–Crippen MR) is 44.4 cm³/mol. The zero-order valence-corrected chi connectivity index (χ0v) is 7.27. The number of carboxylic acids is 1. The van der Waals surface area contributed by atoms with Crippen LogP contribution in [-0.2, 0) is 6.54 Å². The minimum atomic E-state index is -1.04. The van der Waals surface area contributed by atoms with E-state index in [4.69, 9.17) is 5.11 Å². The van der Waals surface area contributed by atoms with Gasteiger partial charge in [0.2, 0.25) is 0 Å². The number of hydrogen-bond donors (Lipinski definition) is 1. The van der Waals surface area contributed by atoms with Gasteiger partial charge in [0, 0.05) is 6.54 Å². The molecule has 4 nitrogen and oxygen atoms in total. The first-order chi connectivity index (χ1) is 6.11. The van der Waals surface area contributed by atoms with Gasteiger partial charge in [-0.2, -0.15) is 0 Å². The number of rotatable bonds is 4. The number of aryl methyl sites for hydroxylation is 1. The summed E-state index contributed by atoms with van der Waals surface area (Å²) in [5.41, 5.74) is 0.0978. The molecule has 0 radical (unpaired) electrons. The number of hydrogen-bond acceptors (Lipinski definition) is 2. The number of halogens is 1. The molecule has 13 heavy (non-hydrogen) atoms. The van der Waals surface area contributed by atoms with E-state index in [1.807, 2.05) is 0 Å². The number of aromatic nitrogens is 2. The van der Waals surface area contributed by atoms with E-state index in [1.165, 1.54) is 24.0 Å². The molecule has 1 aromatic rings. The Labute approximate surface area is 75.0 Å². The zero-order valence-electron chi connectivity index (χ0n) is 7.27. The van der Waals surface area contributed by atoms with E-state index in [1.54, 1.807) is 0 Å². The van der Waals surface area contributed by atoms with Gasteiger partial charge in [0.15, 0.2) is 0 Å². The molecule has 1 aromatic heterocycles. The normalized spacial score (nSPS) is 12.8. The molecule has 0 aromatic carbocycles. The van der Waals surface area contributed by atoms with Gasteiger partial charge in [0.25, 0.3) is 0 Å². The molecular formula is C8H11FN2O2. The predicted octanol–water partition coefficient (Wildman–Crippen LogP) is 1.33. The Bertz CT molecular complexity index is 296. The molecule has 0 fully saturated rings. The molecule has 0 aliphatic rings. The Balaban J connectivity index is 2.65. The van der Waals surface area contributed by atoms with Crippen molar-refractivity contribution < 1.29 is 14.3 Å². The topological polar surface area (TPSA) is 55.1 Å². The van der Waals surface area contributed by atoms with Crippen molar-refractivity contribution in [3.8, 4) is 0 Å². The SMILES string of the molecule is CC(F)CCn1cncc1C(=O)O. The van der Waals surface area contributed by atoms with Crippen molar-refractivity contribution in [3.05, 3.63) is 18.2 Å². The van der Waals surface area contributed by atoms with Crippen LogP contribution < -0.4 is 0 Å². The fourth-order valence-corrected chi connectivity index (χ4v) is 0.994. The van der Waals surface area contributed by atoms with Crippen LogP contribution in [0.2, 0.25) is 0 Å². The maximum absolute atomic E-state index is 12.4. The molecule has 72 valence electrons. The number of nitrogens with zero attached hydrogens (tertiary/aromatic N) is 2. The number of aromatic carboxylic acids is 1. The van der Waals surface area contributed by atoms with Crippen LogP contribution in [0.4, 0.5) is 4.39 Å². The lowest BCUT2D eigenvalue weighted by Crippen LogP contribution is -2.10. The summed E-state index contributed by atoms with van der Waals surface area (Å²) < 4.78 is 13.9. The molecule has 1 heterocycles. The van der Waals surface area contributed by atoms with Gasteiger partial charge in [-0.1, -0.05) is 0 Å². The fraction of sp³-hybridized carbons (Fsp3) is 0.500. The summed E-state index contributed by atoms with van der Waals surface area (Å²) in [7, 11) is 0. The first-order valence-electron chi connectivity index (χ1n) is 3.98. The van der Waals surface area contributed by atoms with Crippen molar-refractivity contribution in [3.63, 3.8) is 0 Å². The van der Waals surface area contributed by atoms with Gasteiger partial charge in [-0.05, 0) is 13.3 Å². The Kier molecular flexibility index (Phi) is 3.00. The molecule has 0 saturated heterocycles. The minimum absolute atomic E-state index is 0.0978. The zero-order chi connectivity index (χ0) is 9.84. The molecule has 5 heteroatoms. The monoisotopic (exact) mass is 186 g/mol. The second kappa shape index (κ2) is 4.02. The lowest BCUT2D eigenvalue weighted by atomic mass is 10.3. The van der Waals surface area contributed by atoms with E-state index in [-0.39, 0.29) is 5.69 Å². The first kappa shape index (κ1) is 9.70. The van der Waals surface area contributed by atoms with Gasteiger partial charge in [-0.25, -0.2) is 14.2 Å². The van der Waals surface area contributed by atoms with E-state index in [2.05, 4.69) is 4.98 Å². The van der Waals surface area contributed by atoms with Gasteiger partial charge in [-0.3, -0.25) is 0 Å². The Morgan fingerprint density at radius 3 is 3.08 bits per heavy atom. The number of carbonyl (C=O) groups is 1. The molecule has 1 atom stereocenters. The van der Waals surface area contributed by atoms with Gasteiger partial charge in [0.1, 0.15) is 5.69 Å². The summed E-state index contributed by atoms with van der Waals surface area (Å²) in [5.74, 6) is -1.04. The molecule has 0 bridgehead atoms. The number of imidazole rings is 1. The summed E-state index contributed by atoms with van der Waals surface area (Å²) >= 11 is 0. The second-order valence-electron chi connectivity index (χ2n) is 2.85. The third-order valence-corrected chi connectivity index (χ3v) is 1.70. The maximum Gasteiger partial charge on any atom is 0.354 e. The fourth-order valence-electron chi connectivity index (χ4n) is 0.994. The average Bonchev–Trinajstić information content (AvgIpc) is 2.47. The van der Waals surface area contributed by atoms with E-state index >= 15 is 0 Å². The minimum Gasteiger partial charge on any atom is -0.477 e. The van der Waals surface area contributed by atoms with E-state index in [9.17, 15) is 9.18 Å². The van der Waals surface area contributed by atoms with Crippen LogP contribution in [0.1, 0.15) is 23.8 Å². The highest BCUT2D eigenvalue weighted by molar-refractivity contribution is 5.85. The van der Waals surface area contributed by atoms with Crippen molar-refractivity contribution >= 4 is 5.97 Å². The molecule has 1 unspecified atom stereocenters. The van der Waals surface area contributed by atoms with Gasteiger partial charge < -0.3 is 9.67 Å². The van der Waals surface area contributed by atoms with Crippen molar-refractivity contribution in [1.82, 2.24) is 9.55 Å². The maximum atomic E-state index is 12.4. The van der Waals surface area contributed by atoms with Crippen LogP contribution in [0, 0.1) is 0 Å². The van der Waals surface area contributed by atoms with E-state index < -0.39 is 12.1 Å². The highest BCUT2D eigenvalue weighted by atomic mass is 19.1. The summed E-state index contributed by atoms with van der Waals surface area (Å²) in [6.45, 7) is 1.79. The highest BCUT2D eigenvalue weighted by Crippen LogP contribution is 2.04. The lowest BCUT2D eigenvalue weighted by Gasteiger charge is -2.04. The van der Waals surface area contributed by atoms with Crippen molar-refractivity contribution in [2.75, 3.05) is 0 Å². The van der Waals surface area contributed by atoms with Crippen LogP contribution in [0.25, 0.3) is 0 Å². The largest absolute Gasteiger partial charge is 0.477 e. The van der Waals surface area contributed by atoms with Crippen LogP contribution in [0.5, 0.6) is 0 Å². The van der Waals surface area contributed by atoms with Crippen LogP contribution in [-0.4, -0.2) is 26.8 Å².